The van der Waals surface area contributed by atoms with Crippen molar-refractivity contribution in [1.82, 2.24) is 4.98 Å². The largest absolute Gasteiger partial charge is 0.487 e. The summed E-state index contributed by atoms with van der Waals surface area (Å²) in [5, 5.41) is 2.85. The molecule has 1 saturated carbocycles. The molecule has 0 amide bonds. The predicted octanol–water partition coefficient (Wildman–Crippen LogP) is 1.04. The average Bonchev–Trinajstić information content (AvgIpc) is 3.02. The normalized spacial score (nSPS) is 15.4. The fraction of sp³-hybridized carbons (Fsp3) is 0.500. The Morgan fingerprint density at radius 2 is 2.18 bits per heavy atom. The van der Waals surface area contributed by atoms with Crippen molar-refractivity contribution in [3.8, 4) is 5.75 Å². The summed E-state index contributed by atoms with van der Waals surface area (Å²) in [6.45, 7) is 0. The summed E-state index contributed by atoms with van der Waals surface area (Å²) in [4.78, 5) is 4.10. The van der Waals surface area contributed by atoms with Crippen LogP contribution in [-0.4, -0.2) is 32.8 Å². The number of rotatable bonds is 5. The predicted molar refractivity (Wildman–Crippen MR) is 65.9 cm³/mol. The molecule has 0 aliphatic heterocycles. The Kier molecular flexibility index (Phi) is 3.10. The minimum absolute atomic E-state index is 0.192. The first-order chi connectivity index (χ1) is 7.98. The summed E-state index contributed by atoms with van der Waals surface area (Å²) in [6, 6.07) is 1.61. The van der Waals surface area contributed by atoms with Crippen LogP contribution in [0.5, 0.6) is 5.75 Å². The van der Waals surface area contributed by atoms with E-state index in [9.17, 15) is 8.42 Å². The Balaban J connectivity index is 2.28. The van der Waals surface area contributed by atoms with Gasteiger partial charge in [-0.25, -0.2) is 13.4 Å². The van der Waals surface area contributed by atoms with Crippen molar-refractivity contribution < 1.29 is 13.2 Å². The van der Waals surface area contributed by atoms with Crippen molar-refractivity contribution in [3.63, 3.8) is 0 Å². The zero-order valence-electron chi connectivity index (χ0n) is 9.73. The van der Waals surface area contributed by atoms with E-state index in [0.717, 1.165) is 19.1 Å². The minimum Gasteiger partial charge on any atom is -0.487 e. The molecule has 0 aromatic carbocycles. The van der Waals surface area contributed by atoms with Crippen molar-refractivity contribution in [3.05, 3.63) is 12.3 Å². The Bertz CT molecular complexity index is 512. The van der Waals surface area contributed by atoms with Crippen LogP contribution < -0.4 is 14.8 Å². The molecule has 1 aliphatic carbocycles. The topological polar surface area (TPSA) is 80.3 Å². The third kappa shape index (κ3) is 3.48. The number of aromatic nitrogens is 1. The number of ether oxygens (including phenoxy) is 1. The lowest BCUT2D eigenvalue weighted by atomic mass is 10.3. The van der Waals surface area contributed by atoms with Crippen molar-refractivity contribution in [2.45, 2.75) is 18.9 Å². The first-order valence-corrected chi connectivity index (χ1v) is 7.19. The zero-order valence-corrected chi connectivity index (χ0v) is 10.5. The molecular formula is C10H15N3O3S. The van der Waals surface area contributed by atoms with Crippen LogP contribution in [0.4, 0.5) is 11.5 Å². The molecule has 94 valence electrons. The third-order valence-corrected chi connectivity index (χ3v) is 2.83. The van der Waals surface area contributed by atoms with Gasteiger partial charge in [0.25, 0.3) is 0 Å². The summed E-state index contributed by atoms with van der Waals surface area (Å²) in [5.41, 5.74) is 0.416. The van der Waals surface area contributed by atoms with E-state index in [1.165, 1.54) is 6.20 Å². The van der Waals surface area contributed by atoms with Crippen molar-refractivity contribution in [1.29, 1.82) is 0 Å². The summed E-state index contributed by atoms with van der Waals surface area (Å²) in [7, 11) is -1.61. The van der Waals surface area contributed by atoms with Gasteiger partial charge in [0, 0.05) is 13.1 Å². The number of hydrogen-bond acceptors (Lipinski definition) is 5. The van der Waals surface area contributed by atoms with Crippen LogP contribution in [0.25, 0.3) is 0 Å². The molecule has 0 spiro atoms. The van der Waals surface area contributed by atoms with Crippen LogP contribution in [-0.2, 0) is 10.0 Å². The molecule has 1 fully saturated rings. The van der Waals surface area contributed by atoms with Crippen LogP contribution in [0.3, 0.4) is 0 Å². The van der Waals surface area contributed by atoms with E-state index >= 15 is 0 Å². The standard InChI is InChI=1S/C10H15N3O3S/c1-11-10-5-8(13-17(2,14)15)9(6-12-10)16-7-3-4-7/h5-7H,3-4H2,1-2H3,(H2,11,12,13). The highest BCUT2D eigenvalue weighted by molar-refractivity contribution is 7.92. The van der Waals surface area contributed by atoms with E-state index in [-0.39, 0.29) is 6.10 Å². The lowest BCUT2D eigenvalue weighted by Crippen LogP contribution is -2.12. The Hall–Kier alpha value is -1.50. The Morgan fingerprint density at radius 1 is 1.47 bits per heavy atom. The van der Waals surface area contributed by atoms with Crippen molar-refractivity contribution in [2.75, 3.05) is 23.3 Å². The lowest BCUT2D eigenvalue weighted by molar-refractivity contribution is 0.304. The van der Waals surface area contributed by atoms with E-state index in [2.05, 4.69) is 15.0 Å². The highest BCUT2D eigenvalue weighted by atomic mass is 32.2. The summed E-state index contributed by atoms with van der Waals surface area (Å²) < 4.78 is 30.5. The van der Waals surface area contributed by atoms with E-state index in [1.807, 2.05) is 0 Å². The van der Waals surface area contributed by atoms with Crippen LogP contribution in [0, 0.1) is 0 Å². The number of anilines is 2. The molecule has 2 rings (SSSR count). The van der Waals surface area contributed by atoms with Crippen LogP contribution in [0.2, 0.25) is 0 Å². The lowest BCUT2D eigenvalue weighted by Gasteiger charge is -2.12. The molecule has 0 bridgehead atoms. The van der Waals surface area contributed by atoms with Gasteiger partial charge >= 0.3 is 0 Å². The van der Waals surface area contributed by atoms with Gasteiger partial charge in [0.2, 0.25) is 10.0 Å². The van der Waals surface area contributed by atoms with Crippen LogP contribution in [0.15, 0.2) is 12.3 Å². The fourth-order valence-electron chi connectivity index (χ4n) is 1.32. The quantitative estimate of drug-likeness (QED) is 0.823. The van der Waals surface area contributed by atoms with Gasteiger partial charge in [-0.2, -0.15) is 0 Å². The summed E-state index contributed by atoms with van der Waals surface area (Å²) in [6.07, 6.45) is 4.83. The second-order valence-electron chi connectivity index (χ2n) is 4.01. The smallest absolute Gasteiger partial charge is 0.229 e. The molecule has 2 N–H and O–H groups in total. The maximum absolute atomic E-state index is 11.2. The van der Waals surface area contributed by atoms with E-state index < -0.39 is 10.0 Å². The molecule has 6 nitrogen and oxygen atoms in total. The van der Waals surface area contributed by atoms with Gasteiger partial charge < -0.3 is 10.1 Å². The molecule has 0 saturated heterocycles. The molecule has 1 aliphatic rings. The molecule has 1 aromatic rings. The average molecular weight is 257 g/mol. The molecule has 17 heavy (non-hydrogen) atoms. The van der Waals surface area contributed by atoms with Gasteiger partial charge in [-0.3, -0.25) is 4.72 Å². The number of sulfonamides is 1. The number of nitrogens with zero attached hydrogens (tertiary/aromatic N) is 1. The van der Waals surface area contributed by atoms with E-state index in [1.54, 1.807) is 13.1 Å². The number of hydrogen-bond donors (Lipinski definition) is 2. The zero-order chi connectivity index (χ0) is 12.5. The number of nitrogens with one attached hydrogen (secondary N) is 2. The van der Waals surface area contributed by atoms with Gasteiger partial charge in [0.15, 0.2) is 5.75 Å². The minimum atomic E-state index is -3.33. The maximum Gasteiger partial charge on any atom is 0.229 e. The van der Waals surface area contributed by atoms with Crippen LogP contribution >= 0.6 is 0 Å². The van der Waals surface area contributed by atoms with E-state index in [0.29, 0.717) is 17.3 Å². The first-order valence-electron chi connectivity index (χ1n) is 5.30. The first kappa shape index (κ1) is 12.0. The molecule has 0 atom stereocenters. The van der Waals surface area contributed by atoms with Gasteiger partial charge in [0.05, 0.1) is 24.2 Å². The molecule has 1 heterocycles. The highest BCUT2D eigenvalue weighted by Gasteiger charge is 2.25. The molecular weight excluding hydrogens is 242 g/mol. The van der Waals surface area contributed by atoms with Gasteiger partial charge in [0.1, 0.15) is 5.82 Å². The molecule has 7 heteroatoms. The fourth-order valence-corrected chi connectivity index (χ4v) is 1.88. The van der Waals surface area contributed by atoms with Crippen molar-refractivity contribution >= 4 is 21.5 Å². The Morgan fingerprint density at radius 3 is 2.71 bits per heavy atom. The molecule has 0 unspecified atom stereocenters. The van der Waals surface area contributed by atoms with E-state index in [4.69, 9.17) is 4.74 Å². The molecule has 0 radical (unpaired) electrons. The second kappa shape index (κ2) is 4.40. The van der Waals surface area contributed by atoms with Gasteiger partial charge in [-0.1, -0.05) is 0 Å². The van der Waals surface area contributed by atoms with Gasteiger partial charge in [-0.15, -0.1) is 0 Å². The monoisotopic (exact) mass is 257 g/mol. The van der Waals surface area contributed by atoms with Crippen LogP contribution in [0.1, 0.15) is 12.8 Å². The van der Waals surface area contributed by atoms with Crippen molar-refractivity contribution in [2.24, 2.45) is 0 Å². The summed E-state index contributed by atoms with van der Waals surface area (Å²) >= 11 is 0. The second-order valence-corrected chi connectivity index (χ2v) is 5.76. The highest BCUT2D eigenvalue weighted by Crippen LogP contribution is 2.33. The third-order valence-electron chi connectivity index (χ3n) is 2.24. The summed E-state index contributed by atoms with van der Waals surface area (Å²) in [5.74, 6) is 1.05. The SMILES string of the molecule is CNc1cc(NS(C)(=O)=O)c(OC2CC2)cn1. The van der Waals surface area contributed by atoms with Gasteiger partial charge in [-0.05, 0) is 12.8 Å². The molecule has 1 aromatic heterocycles. The maximum atomic E-state index is 11.2. The Labute approximate surface area is 100 Å². The number of pyridine rings is 1.